The summed E-state index contributed by atoms with van der Waals surface area (Å²) in [5.74, 6) is -1.41. The van der Waals surface area contributed by atoms with Gasteiger partial charge < -0.3 is 0 Å². The second kappa shape index (κ2) is 6.32. The van der Waals surface area contributed by atoms with Crippen molar-refractivity contribution in [2.24, 2.45) is 0 Å². The van der Waals surface area contributed by atoms with Crippen LogP contribution in [0.2, 0.25) is 0 Å². The lowest BCUT2D eigenvalue weighted by Crippen LogP contribution is -2.20. The Morgan fingerprint density at radius 2 is 1.87 bits per heavy atom. The van der Waals surface area contributed by atoms with Crippen LogP contribution in [0.5, 0.6) is 0 Å². The fourth-order valence-electron chi connectivity index (χ4n) is 1.59. The summed E-state index contributed by atoms with van der Waals surface area (Å²) in [6.07, 6.45) is -4.49. The molecule has 1 atom stereocenters. The van der Waals surface area contributed by atoms with E-state index in [1.807, 2.05) is 0 Å². The van der Waals surface area contributed by atoms with Crippen molar-refractivity contribution in [2.75, 3.05) is 5.32 Å². The summed E-state index contributed by atoms with van der Waals surface area (Å²) in [6.45, 7) is 1.21. The van der Waals surface area contributed by atoms with Gasteiger partial charge in [0, 0.05) is 5.56 Å². The number of halogens is 4. The SMILES string of the molecule is CC(=O)C(Cl)n1nnnc1NC(=O)c1ccc(C(F)(F)F)cc1. The highest BCUT2D eigenvalue weighted by Gasteiger charge is 2.30. The highest BCUT2D eigenvalue weighted by Crippen LogP contribution is 2.29. The number of nitrogens with zero attached hydrogens (tertiary/aromatic N) is 4. The van der Waals surface area contributed by atoms with E-state index in [2.05, 4.69) is 20.8 Å². The average Bonchev–Trinajstić information content (AvgIpc) is 2.93. The summed E-state index contributed by atoms with van der Waals surface area (Å²) in [5.41, 5.74) is -2.13. The Balaban J connectivity index is 2.17. The van der Waals surface area contributed by atoms with E-state index in [0.717, 1.165) is 28.9 Å². The number of carbonyl (C=O) groups excluding carboxylic acids is 2. The van der Waals surface area contributed by atoms with E-state index in [9.17, 15) is 22.8 Å². The zero-order valence-electron chi connectivity index (χ0n) is 11.5. The van der Waals surface area contributed by atoms with Crippen molar-refractivity contribution in [2.45, 2.75) is 18.6 Å². The van der Waals surface area contributed by atoms with Gasteiger partial charge >= 0.3 is 6.18 Å². The molecule has 7 nitrogen and oxygen atoms in total. The molecule has 2 rings (SSSR count). The molecule has 0 aliphatic carbocycles. The molecule has 0 saturated heterocycles. The van der Waals surface area contributed by atoms with E-state index in [4.69, 9.17) is 11.6 Å². The van der Waals surface area contributed by atoms with Crippen molar-refractivity contribution in [3.8, 4) is 0 Å². The first-order valence-electron chi connectivity index (χ1n) is 6.11. The fourth-order valence-corrected chi connectivity index (χ4v) is 1.72. The number of carbonyl (C=O) groups is 2. The first kappa shape index (κ1) is 16.9. The third kappa shape index (κ3) is 3.83. The fraction of sp³-hybridized carbons (Fsp3) is 0.250. The quantitative estimate of drug-likeness (QED) is 0.857. The van der Waals surface area contributed by atoms with Gasteiger partial charge in [-0.3, -0.25) is 14.9 Å². The van der Waals surface area contributed by atoms with E-state index in [-0.39, 0.29) is 11.5 Å². The Morgan fingerprint density at radius 1 is 1.26 bits per heavy atom. The number of rotatable bonds is 4. The van der Waals surface area contributed by atoms with Crippen LogP contribution in [0.25, 0.3) is 0 Å². The molecule has 122 valence electrons. The lowest BCUT2D eigenvalue weighted by molar-refractivity contribution is -0.137. The van der Waals surface area contributed by atoms with Crippen LogP contribution in [-0.2, 0) is 11.0 Å². The van der Waals surface area contributed by atoms with Crippen molar-refractivity contribution >= 4 is 29.2 Å². The molecule has 0 fully saturated rings. The van der Waals surface area contributed by atoms with Crippen LogP contribution in [-0.4, -0.2) is 31.9 Å². The molecule has 1 amide bonds. The molecular formula is C12H9ClF3N5O2. The number of Topliss-reactive ketones (excluding diaryl/α,β-unsaturated/α-hetero) is 1. The minimum atomic E-state index is -4.49. The highest BCUT2D eigenvalue weighted by atomic mass is 35.5. The average molecular weight is 348 g/mol. The smallest absolute Gasteiger partial charge is 0.296 e. The number of aromatic nitrogens is 4. The third-order valence-electron chi connectivity index (χ3n) is 2.74. The van der Waals surface area contributed by atoms with E-state index < -0.39 is 28.9 Å². The maximum absolute atomic E-state index is 12.5. The molecule has 1 N–H and O–H groups in total. The van der Waals surface area contributed by atoms with Crippen molar-refractivity contribution < 1.29 is 22.8 Å². The number of hydrogen-bond acceptors (Lipinski definition) is 5. The van der Waals surface area contributed by atoms with Crippen LogP contribution >= 0.6 is 11.6 Å². The number of amides is 1. The molecule has 1 aromatic heterocycles. The number of anilines is 1. The van der Waals surface area contributed by atoms with E-state index in [0.29, 0.717) is 0 Å². The normalized spacial score (nSPS) is 12.7. The number of alkyl halides is 4. The Hall–Kier alpha value is -2.49. The topological polar surface area (TPSA) is 89.8 Å². The Morgan fingerprint density at radius 3 is 2.39 bits per heavy atom. The predicted octanol–water partition coefficient (Wildman–Crippen LogP) is 2.27. The maximum atomic E-state index is 12.5. The van der Waals surface area contributed by atoms with Gasteiger partial charge in [-0.1, -0.05) is 16.7 Å². The lowest BCUT2D eigenvalue weighted by atomic mass is 10.1. The second-order valence-electron chi connectivity index (χ2n) is 4.42. The minimum Gasteiger partial charge on any atom is -0.296 e. The lowest BCUT2D eigenvalue weighted by Gasteiger charge is -2.10. The first-order valence-corrected chi connectivity index (χ1v) is 6.55. The summed E-state index contributed by atoms with van der Waals surface area (Å²) >= 11 is 5.78. The minimum absolute atomic E-state index is 0.0403. The van der Waals surface area contributed by atoms with E-state index in [1.165, 1.54) is 6.92 Å². The maximum Gasteiger partial charge on any atom is 0.416 e. The molecule has 2 aromatic rings. The molecule has 1 aromatic carbocycles. The van der Waals surface area contributed by atoms with Gasteiger partial charge in [-0.15, -0.1) is 0 Å². The van der Waals surface area contributed by atoms with E-state index >= 15 is 0 Å². The summed E-state index contributed by atoms with van der Waals surface area (Å²) in [4.78, 5) is 23.2. The molecule has 0 aliphatic rings. The van der Waals surface area contributed by atoms with Crippen molar-refractivity contribution in [1.82, 2.24) is 20.2 Å². The highest BCUT2D eigenvalue weighted by molar-refractivity contribution is 6.28. The molecule has 11 heteroatoms. The Bertz CT molecular complexity index is 729. The number of ketones is 1. The molecule has 1 heterocycles. The van der Waals surface area contributed by atoms with Crippen LogP contribution in [0.15, 0.2) is 24.3 Å². The molecular weight excluding hydrogens is 339 g/mol. The van der Waals surface area contributed by atoms with Gasteiger partial charge in [0.2, 0.25) is 0 Å². The Labute approximate surface area is 132 Å². The molecule has 0 bridgehead atoms. The largest absolute Gasteiger partial charge is 0.416 e. The van der Waals surface area contributed by atoms with Crippen LogP contribution in [0.3, 0.4) is 0 Å². The summed E-state index contributed by atoms with van der Waals surface area (Å²) in [6, 6.07) is 3.57. The molecule has 1 unspecified atom stereocenters. The van der Waals surface area contributed by atoms with Crippen LogP contribution in [0.1, 0.15) is 28.3 Å². The van der Waals surface area contributed by atoms with Crippen LogP contribution in [0.4, 0.5) is 19.1 Å². The monoisotopic (exact) mass is 347 g/mol. The standard InChI is InChI=1S/C12H9ClF3N5O2/c1-6(22)9(13)21-11(18-19-20-21)17-10(23)7-2-4-8(5-3-7)12(14,15)16/h2-5,9H,1H3,(H,17,18,20,23). The Kier molecular flexibility index (Phi) is 4.64. The number of tetrazole rings is 1. The molecule has 0 aliphatic heterocycles. The summed E-state index contributed by atoms with van der Waals surface area (Å²) in [7, 11) is 0. The molecule has 0 spiro atoms. The number of hydrogen-bond donors (Lipinski definition) is 1. The van der Waals surface area contributed by atoms with Crippen molar-refractivity contribution in [1.29, 1.82) is 0 Å². The van der Waals surface area contributed by atoms with Gasteiger partial charge in [-0.25, -0.2) is 0 Å². The van der Waals surface area contributed by atoms with Gasteiger partial charge in [-0.05, 0) is 41.6 Å². The van der Waals surface area contributed by atoms with Gasteiger partial charge in [0.25, 0.3) is 11.9 Å². The molecule has 0 radical (unpaired) electrons. The van der Waals surface area contributed by atoms with Crippen LogP contribution in [0, 0.1) is 0 Å². The van der Waals surface area contributed by atoms with Crippen molar-refractivity contribution in [3.05, 3.63) is 35.4 Å². The zero-order chi connectivity index (χ0) is 17.2. The summed E-state index contributed by atoms with van der Waals surface area (Å²) < 4.78 is 38.3. The number of nitrogens with one attached hydrogen (secondary N) is 1. The van der Waals surface area contributed by atoms with Gasteiger partial charge in [0.15, 0.2) is 11.3 Å². The van der Waals surface area contributed by atoms with Crippen LogP contribution < -0.4 is 5.32 Å². The van der Waals surface area contributed by atoms with Gasteiger partial charge in [0.1, 0.15) is 0 Å². The summed E-state index contributed by atoms with van der Waals surface area (Å²) in [5, 5.41) is 12.5. The third-order valence-corrected chi connectivity index (χ3v) is 3.23. The predicted molar refractivity (Wildman–Crippen MR) is 72.8 cm³/mol. The second-order valence-corrected chi connectivity index (χ2v) is 4.84. The van der Waals surface area contributed by atoms with Gasteiger partial charge in [-0.2, -0.15) is 17.9 Å². The molecule has 0 saturated carbocycles. The number of benzene rings is 1. The van der Waals surface area contributed by atoms with Gasteiger partial charge in [0.05, 0.1) is 5.56 Å². The first-order chi connectivity index (χ1) is 10.7. The van der Waals surface area contributed by atoms with Crippen molar-refractivity contribution in [3.63, 3.8) is 0 Å². The molecule has 23 heavy (non-hydrogen) atoms. The zero-order valence-corrected chi connectivity index (χ0v) is 12.3. The van der Waals surface area contributed by atoms with E-state index in [1.54, 1.807) is 0 Å².